The first-order chi connectivity index (χ1) is 9.02. The molecule has 0 saturated carbocycles. The van der Waals surface area contributed by atoms with E-state index >= 15 is 0 Å². The van der Waals surface area contributed by atoms with Crippen molar-refractivity contribution >= 4 is 89.3 Å². The molecule has 2 aliphatic heterocycles. The zero-order chi connectivity index (χ0) is 15.2. The molecule has 4 atom stereocenters. The monoisotopic (exact) mass is 412 g/mol. The van der Waals surface area contributed by atoms with Crippen LogP contribution in [0.2, 0.25) is 0 Å². The molecular weight excluding hydrogens is 408 g/mol. The van der Waals surface area contributed by atoms with E-state index in [2.05, 4.69) is 5.10 Å². The minimum atomic E-state index is -1.63. The van der Waals surface area contributed by atoms with Gasteiger partial charge >= 0.3 is 0 Å². The summed E-state index contributed by atoms with van der Waals surface area (Å²) in [7, 11) is -1.46. The highest BCUT2D eigenvalue weighted by Crippen LogP contribution is 2.87. The molecule has 1 saturated heterocycles. The van der Waals surface area contributed by atoms with Crippen LogP contribution in [0.25, 0.3) is 0 Å². The third-order valence-corrected chi connectivity index (χ3v) is 12.0. The van der Waals surface area contributed by atoms with Gasteiger partial charge in [0.05, 0.1) is 23.8 Å². The van der Waals surface area contributed by atoms with Gasteiger partial charge < -0.3 is 0 Å². The van der Waals surface area contributed by atoms with Crippen LogP contribution in [-0.2, 0) is 4.79 Å². The molecule has 3 rings (SSSR count). The summed E-state index contributed by atoms with van der Waals surface area (Å²) >= 11 is 38.7. The largest absolute Gasteiger partial charge is 0.273 e. The van der Waals surface area contributed by atoms with E-state index < -0.39 is 27.6 Å². The molecule has 0 aromatic carbocycles. The van der Waals surface area contributed by atoms with Gasteiger partial charge in [-0.2, -0.15) is 5.10 Å². The van der Waals surface area contributed by atoms with Crippen molar-refractivity contribution in [2.45, 2.75) is 33.3 Å². The Kier molecular flexibility index (Phi) is 3.44. The van der Waals surface area contributed by atoms with Crippen LogP contribution < -0.4 is 0 Å². The predicted molar refractivity (Wildman–Crippen MR) is 86.7 cm³/mol. The quantitative estimate of drug-likeness (QED) is 0.414. The van der Waals surface area contributed by atoms with E-state index in [0.717, 1.165) is 0 Å². The second-order valence-corrected chi connectivity index (χ2v) is 10.6. The highest BCUT2D eigenvalue weighted by atomic mass is 35.5. The van der Waals surface area contributed by atoms with Crippen LogP contribution in [0.3, 0.4) is 0 Å². The lowest BCUT2D eigenvalue weighted by atomic mass is 9.99. The van der Waals surface area contributed by atoms with Gasteiger partial charge in [-0.3, -0.25) is 4.79 Å². The lowest BCUT2D eigenvalue weighted by Crippen LogP contribution is -2.47. The topological polar surface area (TPSA) is 32.7 Å². The van der Waals surface area contributed by atoms with Crippen molar-refractivity contribution in [2.75, 3.05) is 0 Å². The van der Waals surface area contributed by atoms with Gasteiger partial charge in [0, 0.05) is 12.6 Å². The highest BCUT2D eigenvalue weighted by molar-refractivity contribution is 7.64. The molecule has 2 bridgehead atoms. The Bertz CT molecular complexity index is 607. The predicted octanol–water partition coefficient (Wildman–Crippen LogP) is 4.79. The zero-order valence-corrected chi connectivity index (χ0v) is 15.5. The summed E-state index contributed by atoms with van der Waals surface area (Å²) in [5.41, 5.74) is 0.197. The third-order valence-electron chi connectivity index (χ3n) is 3.75. The van der Waals surface area contributed by atoms with Gasteiger partial charge in [-0.05, 0) is 6.92 Å². The molecule has 1 aliphatic carbocycles. The Labute approximate surface area is 146 Å². The molecule has 3 aliphatic rings. The van der Waals surface area contributed by atoms with Crippen molar-refractivity contribution in [1.29, 1.82) is 0 Å². The van der Waals surface area contributed by atoms with Gasteiger partial charge in [-0.25, -0.2) is 4.78 Å². The fourth-order valence-corrected chi connectivity index (χ4v) is 10.3. The zero-order valence-electron chi connectivity index (χ0n) is 10.1. The van der Waals surface area contributed by atoms with Crippen LogP contribution in [0.1, 0.15) is 13.8 Å². The SMILES string of the molecule is CC(=O)N1N=C(C)C2P1C1(Cl)C(Cl)=C(Cl)C2(Cl)C1(Cl)Cl. The number of hydrogen-bond donors (Lipinski definition) is 0. The van der Waals surface area contributed by atoms with Crippen LogP contribution in [0.15, 0.2) is 15.2 Å². The Morgan fingerprint density at radius 3 is 2.30 bits per heavy atom. The molecule has 4 unspecified atom stereocenters. The Morgan fingerprint density at radius 1 is 1.25 bits per heavy atom. The summed E-state index contributed by atoms with van der Waals surface area (Å²) in [5, 5.41) is 4.46. The minimum absolute atomic E-state index is 0.0966. The number of amides is 1. The lowest BCUT2D eigenvalue weighted by Gasteiger charge is -2.35. The smallest absolute Gasteiger partial charge is 0.242 e. The van der Waals surface area contributed by atoms with E-state index in [-0.39, 0.29) is 16.0 Å². The Balaban J connectivity index is 2.31. The van der Waals surface area contributed by atoms with Crippen LogP contribution in [0.4, 0.5) is 0 Å². The van der Waals surface area contributed by atoms with Gasteiger partial charge in [0.15, 0.2) is 8.95 Å². The summed E-state index contributed by atoms with van der Waals surface area (Å²) in [6.45, 7) is 3.13. The number of rotatable bonds is 0. The number of carbonyl (C=O) groups excluding carboxylic acids is 1. The molecule has 1 amide bonds. The molecule has 0 aromatic heterocycles. The first kappa shape index (κ1) is 15.9. The Hall–Kier alpha value is 1.05. The maximum absolute atomic E-state index is 11.8. The van der Waals surface area contributed by atoms with E-state index in [1.165, 1.54) is 11.7 Å². The first-order valence-electron chi connectivity index (χ1n) is 5.49. The molecule has 0 radical (unpaired) electrons. The normalized spacial score (nSPS) is 45.0. The fourth-order valence-electron chi connectivity index (χ4n) is 2.88. The number of nitrogens with zero attached hydrogens (tertiary/aromatic N) is 2. The average molecular weight is 415 g/mol. The molecule has 0 spiro atoms. The maximum atomic E-state index is 11.8. The first-order valence-corrected chi connectivity index (χ1v) is 9.13. The minimum Gasteiger partial charge on any atom is -0.273 e. The highest BCUT2D eigenvalue weighted by Gasteiger charge is 2.85. The number of hydrogen-bond acceptors (Lipinski definition) is 2. The summed E-state index contributed by atoms with van der Waals surface area (Å²) in [4.78, 5) is 10.4. The second-order valence-electron chi connectivity index (χ2n) is 4.83. The summed E-state index contributed by atoms with van der Waals surface area (Å²) in [6.07, 6.45) is 0. The maximum Gasteiger partial charge on any atom is 0.242 e. The van der Waals surface area contributed by atoms with E-state index in [0.29, 0.717) is 5.71 Å². The number of allylic oxidation sites excluding steroid dienone is 2. The van der Waals surface area contributed by atoms with Crippen molar-refractivity contribution in [1.82, 2.24) is 4.78 Å². The van der Waals surface area contributed by atoms with Crippen molar-refractivity contribution in [2.24, 2.45) is 5.10 Å². The van der Waals surface area contributed by atoms with E-state index in [4.69, 9.17) is 69.6 Å². The van der Waals surface area contributed by atoms with Crippen molar-refractivity contribution in [3.8, 4) is 0 Å². The molecule has 0 aromatic rings. The Morgan fingerprint density at radius 2 is 1.80 bits per heavy atom. The molecule has 1 fully saturated rings. The van der Waals surface area contributed by atoms with Crippen molar-refractivity contribution in [3.63, 3.8) is 0 Å². The van der Waals surface area contributed by atoms with Gasteiger partial charge in [-0.15, -0.1) is 23.2 Å². The van der Waals surface area contributed by atoms with Crippen molar-refractivity contribution in [3.05, 3.63) is 10.1 Å². The molecule has 110 valence electrons. The number of fused-ring (bicyclic) bond motifs is 5. The number of hydrazone groups is 1. The van der Waals surface area contributed by atoms with E-state index in [1.807, 2.05) is 0 Å². The molecule has 0 N–H and O–H groups in total. The molecule has 20 heavy (non-hydrogen) atoms. The van der Waals surface area contributed by atoms with Gasteiger partial charge in [0.2, 0.25) is 5.91 Å². The fraction of sp³-hybridized carbons (Fsp3) is 0.600. The van der Waals surface area contributed by atoms with Crippen molar-refractivity contribution < 1.29 is 4.79 Å². The summed E-state index contributed by atoms with van der Waals surface area (Å²) in [5.74, 6) is -0.268. The lowest BCUT2D eigenvalue weighted by molar-refractivity contribution is -0.124. The number of alkyl halides is 4. The molecular formula is C10H7Cl6N2OP. The summed E-state index contributed by atoms with van der Waals surface area (Å²) in [6, 6.07) is 0. The number of halogens is 6. The van der Waals surface area contributed by atoms with E-state index in [9.17, 15) is 4.79 Å². The van der Waals surface area contributed by atoms with Gasteiger partial charge in [0.1, 0.15) is 4.87 Å². The van der Waals surface area contributed by atoms with Crippen LogP contribution >= 0.6 is 77.7 Å². The summed E-state index contributed by atoms with van der Waals surface area (Å²) < 4.78 is -1.75. The second kappa shape index (κ2) is 4.32. The van der Waals surface area contributed by atoms with Crippen LogP contribution in [0, 0.1) is 0 Å². The van der Waals surface area contributed by atoms with Crippen LogP contribution in [0.5, 0.6) is 0 Å². The molecule has 10 heteroatoms. The third kappa shape index (κ3) is 1.38. The van der Waals surface area contributed by atoms with Crippen LogP contribution in [-0.4, -0.2) is 35.9 Å². The van der Waals surface area contributed by atoms with E-state index in [1.54, 1.807) is 6.92 Å². The average Bonchev–Trinajstić information content (AvgIpc) is 2.80. The number of carbonyl (C=O) groups is 1. The van der Waals surface area contributed by atoms with Gasteiger partial charge in [-0.1, -0.05) is 46.4 Å². The standard InChI is InChI=1S/C10H7Cl6N2OP/c1-3-7-8(13)5(11)6(12)9(14,10(8,15)16)20(7)18(17-3)4(2)19/h7H,1-2H3. The molecule has 2 heterocycles. The molecule has 3 nitrogen and oxygen atoms in total. The van der Waals surface area contributed by atoms with Gasteiger partial charge in [0.25, 0.3) is 0 Å².